The molecule has 2 atom stereocenters. The van der Waals surface area contributed by atoms with Crippen molar-refractivity contribution in [1.82, 2.24) is 0 Å². The molecule has 25 heavy (non-hydrogen) atoms. The van der Waals surface area contributed by atoms with Gasteiger partial charge >= 0.3 is 0 Å². The summed E-state index contributed by atoms with van der Waals surface area (Å²) in [7, 11) is 0. The molecular weight excluding hydrogens is 316 g/mol. The van der Waals surface area contributed by atoms with E-state index in [2.05, 4.69) is 5.32 Å². The fraction of sp³-hybridized carbons (Fsp3) is 0.650. The quantitative estimate of drug-likeness (QED) is 0.876. The third-order valence-corrected chi connectivity index (χ3v) is 5.48. The van der Waals surface area contributed by atoms with E-state index in [1.807, 2.05) is 32.0 Å². The third-order valence-electron chi connectivity index (χ3n) is 5.48. The zero-order valence-corrected chi connectivity index (χ0v) is 15.3. The van der Waals surface area contributed by atoms with Crippen LogP contribution in [0.15, 0.2) is 18.2 Å². The summed E-state index contributed by atoms with van der Waals surface area (Å²) >= 11 is 0. The highest BCUT2D eigenvalue weighted by atomic mass is 16.5. The van der Waals surface area contributed by atoms with E-state index < -0.39 is 5.54 Å². The number of hydrogen-bond donors (Lipinski definition) is 2. The van der Waals surface area contributed by atoms with E-state index in [4.69, 9.17) is 15.2 Å². The van der Waals surface area contributed by atoms with Crippen LogP contribution in [0.4, 0.5) is 5.69 Å². The van der Waals surface area contributed by atoms with Crippen LogP contribution in [0.2, 0.25) is 0 Å². The van der Waals surface area contributed by atoms with Crippen molar-refractivity contribution in [3.8, 4) is 5.75 Å². The number of carbonyl (C=O) groups excluding carboxylic acids is 1. The lowest BCUT2D eigenvalue weighted by Crippen LogP contribution is -2.51. The van der Waals surface area contributed by atoms with E-state index in [-0.39, 0.29) is 17.9 Å². The Morgan fingerprint density at radius 3 is 2.72 bits per heavy atom. The molecule has 1 aliphatic carbocycles. The average molecular weight is 346 g/mol. The standard InChI is InChI=1S/C20H30N2O3/c1-14-13-15(6-7-18(14)25-16-8-11-24-12-9-16)22-19(23)17-5-3-4-10-20(17,2)21/h6-7,13,16-17H,3-5,8-12,21H2,1-2H3,(H,22,23). The number of carbonyl (C=O) groups is 1. The van der Waals surface area contributed by atoms with E-state index >= 15 is 0 Å². The molecule has 2 unspecified atom stereocenters. The molecule has 138 valence electrons. The van der Waals surface area contributed by atoms with Gasteiger partial charge in [0.1, 0.15) is 11.9 Å². The maximum absolute atomic E-state index is 12.7. The van der Waals surface area contributed by atoms with Crippen LogP contribution in [0.25, 0.3) is 0 Å². The van der Waals surface area contributed by atoms with Crippen molar-refractivity contribution < 1.29 is 14.3 Å². The molecular formula is C20H30N2O3. The maximum atomic E-state index is 12.7. The van der Waals surface area contributed by atoms with Gasteiger partial charge in [-0.05, 0) is 50.5 Å². The number of hydrogen-bond acceptors (Lipinski definition) is 4. The Kier molecular flexibility index (Phi) is 5.64. The van der Waals surface area contributed by atoms with Gasteiger partial charge in [-0.25, -0.2) is 0 Å². The summed E-state index contributed by atoms with van der Waals surface area (Å²) in [5.41, 5.74) is 7.77. The minimum absolute atomic E-state index is 0.0298. The molecule has 2 fully saturated rings. The first-order valence-electron chi connectivity index (χ1n) is 9.40. The molecule has 3 rings (SSSR count). The first kappa shape index (κ1) is 18.2. The Hall–Kier alpha value is -1.59. The van der Waals surface area contributed by atoms with Gasteiger partial charge in [0.15, 0.2) is 0 Å². The van der Waals surface area contributed by atoms with Crippen LogP contribution in [0.1, 0.15) is 51.0 Å². The smallest absolute Gasteiger partial charge is 0.229 e. The molecule has 1 aromatic carbocycles. The summed E-state index contributed by atoms with van der Waals surface area (Å²) in [5.74, 6) is 0.785. The molecule has 0 bridgehead atoms. The van der Waals surface area contributed by atoms with Gasteiger partial charge in [0, 0.05) is 24.1 Å². The van der Waals surface area contributed by atoms with E-state index in [0.717, 1.165) is 68.7 Å². The molecule has 1 saturated heterocycles. The van der Waals surface area contributed by atoms with Crippen LogP contribution in [0.3, 0.4) is 0 Å². The molecule has 0 radical (unpaired) electrons. The molecule has 3 N–H and O–H groups in total. The van der Waals surface area contributed by atoms with Crippen molar-refractivity contribution in [3.05, 3.63) is 23.8 Å². The van der Waals surface area contributed by atoms with Gasteiger partial charge in [-0.15, -0.1) is 0 Å². The van der Waals surface area contributed by atoms with Gasteiger partial charge in [-0.2, -0.15) is 0 Å². The Bertz CT molecular complexity index is 609. The number of nitrogens with one attached hydrogen (secondary N) is 1. The summed E-state index contributed by atoms with van der Waals surface area (Å²) in [6.07, 6.45) is 6.01. The van der Waals surface area contributed by atoms with Gasteiger partial charge in [-0.3, -0.25) is 4.79 Å². The Labute approximate surface area is 150 Å². The molecule has 1 aliphatic heterocycles. The first-order valence-corrected chi connectivity index (χ1v) is 9.40. The molecule has 0 aromatic heterocycles. The second-order valence-corrected chi connectivity index (χ2v) is 7.70. The number of amides is 1. The number of benzene rings is 1. The fourth-order valence-electron chi connectivity index (χ4n) is 3.85. The summed E-state index contributed by atoms with van der Waals surface area (Å²) < 4.78 is 11.4. The predicted molar refractivity (Wildman–Crippen MR) is 98.8 cm³/mol. The van der Waals surface area contributed by atoms with Crippen molar-refractivity contribution in [3.63, 3.8) is 0 Å². The van der Waals surface area contributed by atoms with Crippen LogP contribution in [-0.2, 0) is 9.53 Å². The summed E-state index contributed by atoms with van der Waals surface area (Å²) in [5, 5.41) is 3.04. The summed E-state index contributed by atoms with van der Waals surface area (Å²) in [6.45, 7) is 5.53. The Morgan fingerprint density at radius 1 is 1.28 bits per heavy atom. The lowest BCUT2D eigenvalue weighted by atomic mass is 9.74. The molecule has 0 spiro atoms. The normalized spacial score (nSPS) is 27.7. The average Bonchev–Trinajstić information content (AvgIpc) is 2.58. The van der Waals surface area contributed by atoms with Crippen LogP contribution in [0, 0.1) is 12.8 Å². The predicted octanol–water partition coefficient (Wildman–Crippen LogP) is 3.40. The molecule has 2 aliphatic rings. The van der Waals surface area contributed by atoms with Crippen molar-refractivity contribution in [2.24, 2.45) is 11.7 Å². The fourth-order valence-corrected chi connectivity index (χ4v) is 3.85. The molecule has 1 heterocycles. The summed E-state index contributed by atoms with van der Waals surface area (Å²) in [4.78, 5) is 12.7. The van der Waals surface area contributed by atoms with Crippen molar-refractivity contribution in [1.29, 1.82) is 0 Å². The molecule has 1 amide bonds. The van der Waals surface area contributed by atoms with E-state index in [9.17, 15) is 4.79 Å². The highest BCUT2D eigenvalue weighted by molar-refractivity contribution is 5.93. The van der Waals surface area contributed by atoms with Gasteiger partial charge in [0.2, 0.25) is 5.91 Å². The largest absolute Gasteiger partial charge is 0.490 e. The first-order chi connectivity index (χ1) is 12.0. The SMILES string of the molecule is Cc1cc(NC(=O)C2CCCCC2(C)N)ccc1OC1CCOCC1. The van der Waals surface area contributed by atoms with Crippen LogP contribution >= 0.6 is 0 Å². The van der Waals surface area contributed by atoms with E-state index in [1.54, 1.807) is 0 Å². The number of aryl methyl sites for hydroxylation is 1. The molecule has 1 aromatic rings. The monoisotopic (exact) mass is 346 g/mol. The van der Waals surface area contributed by atoms with Crippen LogP contribution in [-0.4, -0.2) is 30.8 Å². The Balaban J connectivity index is 1.63. The zero-order chi connectivity index (χ0) is 17.9. The molecule has 1 saturated carbocycles. The number of anilines is 1. The lowest BCUT2D eigenvalue weighted by Gasteiger charge is -2.37. The summed E-state index contributed by atoms with van der Waals surface area (Å²) in [6, 6.07) is 5.84. The van der Waals surface area contributed by atoms with E-state index in [0.29, 0.717) is 0 Å². The minimum Gasteiger partial charge on any atom is -0.490 e. The second kappa shape index (κ2) is 7.75. The second-order valence-electron chi connectivity index (χ2n) is 7.70. The maximum Gasteiger partial charge on any atom is 0.229 e. The lowest BCUT2D eigenvalue weighted by molar-refractivity contribution is -0.122. The van der Waals surface area contributed by atoms with Gasteiger partial charge < -0.3 is 20.5 Å². The van der Waals surface area contributed by atoms with E-state index in [1.165, 1.54) is 0 Å². The van der Waals surface area contributed by atoms with Crippen molar-refractivity contribution in [2.45, 2.75) is 64.0 Å². The minimum atomic E-state index is -0.413. The topological polar surface area (TPSA) is 73.6 Å². The Morgan fingerprint density at radius 2 is 2.04 bits per heavy atom. The number of nitrogens with two attached hydrogens (primary N) is 1. The van der Waals surface area contributed by atoms with Crippen LogP contribution < -0.4 is 15.8 Å². The molecule has 5 heteroatoms. The third kappa shape index (κ3) is 4.53. The van der Waals surface area contributed by atoms with Crippen molar-refractivity contribution >= 4 is 11.6 Å². The van der Waals surface area contributed by atoms with Gasteiger partial charge in [0.05, 0.1) is 19.1 Å². The van der Waals surface area contributed by atoms with Gasteiger partial charge in [-0.1, -0.05) is 12.8 Å². The zero-order valence-electron chi connectivity index (χ0n) is 15.3. The van der Waals surface area contributed by atoms with Gasteiger partial charge in [0.25, 0.3) is 0 Å². The number of rotatable bonds is 4. The highest BCUT2D eigenvalue weighted by Crippen LogP contribution is 2.33. The number of ether oxygens (including phenoxy) is 2. The van der Waals surface area contributed by atoms with Crippen LogP contribution in [0.5, 0.6) is 5.75 Å². The highest BCUT2D eigenvalue weighted by Gasteiger charge is 2.37. The van der Waals surface area contributed by atoms with Crippen molar-refractivity contribution in [2.75, 3.05) is 18.5 Å². The molecule has 5 nitrogen and oxygen atoms in total.